The highest BCUT2D eigenvalue weighted by Gasteiger charge is 2.03. The predicted molar refractivity (Wildman–Crippen MR) is 96.9 cm³/mol. The minimum atomic E-state index is -0.399. The van der Waals surface area contributed by atoms with E-state index < -0.39 is 5.91 Å². The number of nitrogens with zero attached hydrogens (tertiary/aromatic N) is 1. The van der Waals surface area contributed by atoms with Gasteiger partial charge < -0.3 is 9.73 Å². The van der Waals surface area contributed by atoms with Crippen LogP contribution in [0.15, 0.2) is 58.3 Å². The maximum atomic E-state index is 11.7. The zero-order chi connectivity index (χ0) is 18.1. The van der Waals surface area contributed by atoms with E-state index in [0.29, 0.717) is 11.5 Å². The van der Waals surface area contributed by atoms with Crippen molar-refractivity contribution in [1.82, 2.24) is 10.7 Å². The maximum absolute atomic E-state index is 11.7. The Morgan fingerprint density at radius 2 is 1.96 bits per heavy atom. The molecular weight excluding hydrogens is 318 g/mol. The third kappa shape index (κ3) is 6.10. The number of amides is 2. The molecule has 0 fully saturated rings. The zero-order valence-electron chi connectivity index (χ0n) is 14.3. The van der Waals surface area contributed by atoms with Gasteiger partial charge >= 0.3 is 0 Å². The molecule has 0 spiro atoms. The second-order valence-electron chi connectivity index (χ2n) is 5.35. The molecule has 1 aromatic heterocycles. The van der Waals surface area contributed by atoms with Gasteiger partial charge in [-0.1, -0.05) is 31.2 Å². The van der Waals surface area contributed by atoms with Gasteiger partial charge in [-0.3, -0.25) is 9.59 Å². The smallest absolute Gasteiger partial charge is 0.259 e. The molecule has 2 N–H and O–H groups in total. The van der Waals surface area contributed by atoms with Crippen LogP contribution in [-0.4, -0.2) is 24.1 Å². The number of hydrogen-bond donors (Lipinski definition) is 2. The summed E-state index contributed by atoms with van der Waals surface area (Å²) >= 11 is 0. The third-order valence-electron chi connectivity index (χ3n) is 3.49. The molecule has 0 bridgehead atoms. The lowest BCUT2D eigenvalue weighted by molar-refractivity contribution is -0.123. The molecule has 0 radical (unpaired) electrons. The summed E-state index contributed by atoms with van der Waals surface area (Å²) in [4.78, 5) is 23.3. The van der Waals surface area contributed by atoms with E-state index in [2.05, 4.69) is 22.8 Å². The summed E-state index contributed by atoms with van der Waals surface area (Å²) in [7, 11) is 0. The van der Waals surface area contributed by atoms with Gasteiger partial charge in [0.05, 0.1) is 18.5 Å². The average molecular weight is 339 g/mol. The molecule has 25 heavy (non-hydrogen) atoms. The molecule has 1 heterocycles. The SMILES string of the molecule is CCc1ccc(C(C)=NNC(=O)CNC(=O)C=Cc2ccco2)cc1. The highest BCUT2D eigenvalue weighted by molar-refractivity contribution is 5.99. The molecule has 0 atom stereocenters. The molecule has 1 aromatic carbocycles. The summed E-state index contributed by atoms with van der Waals surface area (Å²) < 4.78 is 5.07. The minimum absolute atomic E-state index is 0.160. The molecule has 2 rings (SSSR count). The molecule has 0 saturated carbocycles. The third-order valence-corrected chi connectivity index (χ3v) is 3.49. The number of benzene rings is 1. The maximum Gasteiger partial charge on any atom is 0.259 e. The van der Waals surface area contributed by atoms with E-state index in [9.17, 15) is 9.59 Å². The number of carbonyl (C=O) groups is 2. The van der Waals surface area contributed by atoms with Crippen LogP contribution in [0.1, 0.15) is 30.7 Å². The number of furan rings is 1. The summed E-state index contributed by atoms with van der Waals surface area (Å²) in [6.45, 7) is 3.74. The molecule has 130 valence electrons. The first-order chi connectivity index (χ1) is 12.1. The first-order valence-corrected chi connectivity index (χ1v) is 8.00. The zero-order valence-corrected chi connectivity index (χ0v) is 14.3. The topological polar surface area (TPSA) is 83.7 Å². The Balaban J connectivity index is 1.78. The highest BCUT2D eigenvalue weighted by atomic mass is 16.3. The van der Waals surface area contributed by atoms with E-state index in [1.165, 1.54) is 24.0 Å². The van der Waals surface area contributed by atoms with Gasteiger partial charge in [-0.05, 0) is 42.7 Å². The summed E-state index contributed by atoms with van der Waals surface area (Å²) in [5.41, 5.74) is 5.30. The first-order valence-electron chi connectivity index (χ1n) is 8.00. The standard InChI is InChI=1S/C19H21N3O3/c1-3-15-6-8-16(9-7-15)14(2)21-22-19(24)13-20-18(23)11-10-17-5-4-12-25-17/h4-12H,3,13H2,1-2H3,(H,20,23)(H,22,24). The van der Waals surface area contributed by atoms with Gasteiger partial charge in [-0.15, -0.1) is 0 Å². The van der Waals surface area contributed by atoms with Gasteiger partial charge in [-0.25, -0.2) is 5.43 Å². The second kappa shape index (κ2) is 9.22. The fourth-order valence-electron chi connectivity index (χ4n) is 2.00. The van der Waals surface area contributed by atoms with Crippen LogP contribution in [0.2, 0.25) is 0 Å². The van der Waals surface area contributed by atoms with Crippen molar-refractivity contribution in [3.63, 3.8) is 0 Å². The molecule has 0 unspecified atom stereocenters. The van der Waals surface area contributed by atoms with Crippen LogP contribution in [0.4, 0.5) is 0 Å². The lowest BCUT2D eigenvalue weighted by atomic mass is 10.1. The van der Waals surface area contributed by atoms with Gasteiger partial charge in [0.2, 0.25) is 5.91 Å². The van der Waals surface area contributed by atoms with Crippen LogP contribution in [0.3, 0.4) is 0 Å². The van der Waals surface area contributed by atoms with Gasteiger partial charge in [0.1, 0.15) is 5.76 Å². The number of nitrogens with one attached hydrogen (secondary N) is 2. The van der Waals surface area contributed by atoms with Crippen LogP contribution in [0, 0.1) is 0 Å². The van der Waals surface area contributed by atoms with Crippen molar-refractivity contribution >= 4 is 23.6 Å². The van der Waals surface area contributed by atoms with Gasteiger partial charge in [0, 0.05) is 6.08 Å². The van der Waals surface area contributed by atoms with Crippen molar-refractivity contribution in [3.05, 3.63) is 65.6 Å². The number of aryl methyl sites for hydroxylation is 1. The molecule has 0 saturated heterocycles. The Hall–Kier alpha value is -3.15. The van der Waals surface area contributed by atoms with Crippen molar-refractivity contribution in [2.24, 2.45) is 5.10 Å². The van der Waals surface area contributed by atoms with E-state index in [4.69, 9.17) is 4.42 Å². The molecule has 0 aliphatic rings. The minimum Gasteiger partial charge on any atom is -0.465 e. The largest absolute Gasteiger partial charge is 0.465 e. The molecular formula is C19H21N3O3. The van der Waals surface area contributed by atoms with E-state index in [0.717, 1.165) is 12.0 Å². The quantitative estimate of drug-likeness (QED) is 0.462. The predicted octanol–water partition coefficient (Wildman–Crippen LogP) is 2.51. The van der Waals surface area contributed by atoms with E-state index in [1.54, 1.807) is 12.1 Å². The fraction of sp³-hybridized carbons (Fsp3) is 0.211. The molecule has 6 nitrogen and oxygen atoms in total. The molecule has 6 heteroatoms. The Kier molecular flexibility index (Phi) is 6.71. The Bertz CT molecular complexity index is 760. The van der Waals surface area contributed by atoms with Crippen molar-refractivity contribution in [3.8, 4) is 0 Å². The van der Waals surface area contributed by atoms with Crippen molar-refractivity contribution in [2.75, 3.05) is 6.54 Å². The number of hydrogen-bond acceptors (Lipinski definition) is 4. The van der Waals surface area contributed by atoms with Crippen LogP contribution in [0.5, 0.6) is 0 Å². The fourth-order valence-corrected chi connectivity index (χ4v) is 2.00. The monoisotopic (exact) mass is 339 g/mol. The average Bonchev–Trinajstić information content (AvgIpc) is 3.16. The Morgan fingerprint density at radius 1 is 1.20 bits per heavy atom. The number of carbonyl (C=O) groups excluding carboxylic acids is 2. The van der Waals surface area contributed by atoms with Crippen molar-refractivity contribution in [2.45, 2.75) is 20.3 Å². The van der Waals surface area contributed by atoms with Gasteiger partial charge in [0.15, 0.2) is 0 Å². The number of hydrazone groups is 1. The van der Waals surface area contributed by atoms with Gasteiger partial charge in [0.25, 0.3) is 5.91 Å². The number of rotatable bonds is 7. The van der Waals surface area contributed by atoms with Crippen LogP contribution in [-0.2, 0) is 16.0 Å². The van der Waals surface area contributed by atoms with E-state index >= 15 is 0 Å². The second-order valence-corrected chi connectivity index (χ2v) is 5.35. The van der Waals surface area contributed by atoms with Gasteiger partial charge in [-0.2, -0.15) is 5.10 Å². The summed E-state index contributed by atoms with van der Waals surface area (Å²) in [5.74, 6) is -0.222. The Labute approximate surface area is 146 Å². The molecule has 2 amide bonds. The summed E-state index contributed by atoms with van der Waals surface area (Å²) in [6.07, 6.45) is 5.31. The van der Waals surface area contributed by atoms with Crippen molar-refractivity contribution < 1.29 is 14.0 Å². The Morgan fingerprint density at radius 3 is 2.60 bits per heavy atom. The normalized spacial score (nSPS) is 11.5. The van der Waals surface area contributed by atoms with E-state index in [-0.39, 0.29) is 12.5 Å². The van der Waals surface area contributed by atoms with Crippen LogP contribution in [0.25, 0.3) is 6.08 Å². The lowest BCUT2D eigenvalue weighted by Gasteiger charge is -2.04. The van der Waals surface area contributed by atoms with Crippen LogP contribution < -0.4 is 10.7 Å². The molecule has 0 aliphatic heterocycles. The van der Waals surface area contributed by atoms with Crippen molar-refractivity contribution in [1.29, 1.82) is 0 Å². The molecule has 0 aliphatic carbocycles. The lowest BCUT2D eigenvalue weighted by Crippen LogP contribution is -2.34. The summed E-state index contributed by atoms with van der Waals surface area (Å²) in [6, 6.07) is 11.4. The summed E-state index contributed by atoms with van der Waals surface area (Å²) in [5, 5.41) is 6.52. The van der Waals surface area contributed by atoms with E-state index in [1.807, 2.05) is 31.2 Å². The molecule has 2 aromatic rings. The van der Waals surface area contributed by atoms with Crippen LogP contribution >= 0.6 is 0 Å². The first kappa shape index (κ1) is 18.2. The highest BCUT2D eigenvalue weighted by Crippen LogP contribution is 2.06.